The average Bonchev–Trinajstić information content (AvgIpc) is 2.38. The second kappa shape index (κ2) is 6.57. The van der Waals surface area contributed by atoms with Crippen LogP contribution in [0.5, 0.6) is 11.5 Å². The van der Waals surface area contributed by atoms with Gasteiger partial charge in [0.25, 0.3) is 0 Å². The lowest BCUT2D eigenvalue weighted by Gasteiger charge is -2.20. The number of Topliss-reactive ketones (excluding diaryl/α,β-unsaturated/α-hetero) is 1. The highest BCUT2D eigenvalue weighted by Crippen LogP contribution is 2.33. The van der Waals surface area contributed by atoms with E-state index in [0.717, 1.165) is 5.56 Å². The number of hydrogen-bond donors (Lipinski definition) is 1. The van der Waals surface area contributed by atoms with Gasteiger partial charge in [0, 0.05) is 11.5 Å². The third-order valence-electron chi connectivity index (χ3n) is 3.38. The van der Waals surface area contributed by atoms with Gasteiger partial charge in [0.15, 0.2) is 5.78 Å². The molecule has 0 saturated carbocycles. The third-order valence-corrected chi connectivity index (χ3v) is 3.38. The van der Waals surface area contributed by atoms with Crippen molar-refractivity contribution in [2.75, 3.05) is 20.8 Å². The lowest BCUT2D eigenvalue weighted by molar-refractivity contribution is 0.0803. The van der Waals surface area contributed by atoms with Crippen molar-refractivity contribution in [1.29, 1.82) is 0 Å². The fraction of sp³-hybridized carbons (Fsp3) is 0.533. The Morgan fingerprint density at radius 1 is 1.26 bits per heavy atom. The van der Waals surface area contributed by atoms with Gasteiger partial charge in [-0.2, -0.15) is 0 Å². The van der Waals surface area contributed by atoms with E-state index in [1.807, 2.05) is 20.8 Å². The maximum atomic E-state index is 12.5. The third kappa shape index (κ3) is 3.07. The van der Waals surface area contributed by atoms with Crippen LogP contribution >= 0.6 is 0 Å². The van der Waals surface area contributed by atoms with Gasteiger partial charge in [-0.3, -0.25) is 4.79 Å². The van der Waals surface area contributed by atoms with E-state index in [4.69, 9.17) is 9.47 Å². The van der Waals surface area contributed by atoms with Gasteiger partial charge in [0.1, 0.15) is 11.5 Å². The van der Waals surface area contributed by atoms with E-state index in [1.54, 1.807) is 19.2 Å². The molecule has 19 heavy (non-hydrogen) atoms. The van der Waals surface area contributed by atoms with Crippen LogP contribution < -0.4 is 9.47 Å². The Hall–Kier alpha value is -1.55. The first kappa shape index (κ1) is 15.5. The van der Waals surface area contributed by atoms with Crippen LogP contribution in [0.15, 0.2) is 12.1 Å². The van der Waals surface area contributed by atoms with E-state index < -0.39 is 5.92 Å². The summed E-state index contributed by atoms with van der Waals surface area (Å²) < 4.78 is 10.5. The fourth-order valence-corrected chi connectivity index (χ4v) is 2.15. The smallest absolute Gasteiger partial charge is 0.172 e. The maximum absolute atomic E-state index is 12.5. The zero-order chi connectivity index (χ0) is 14.6. The first-order valence-corrected chi connectivity index (χ1v) is 6.34. The number of aliphatic hydroxyl groups excluding tert-OH is 1. The van der Waals surface area contributed by atoms with Crippen molar-refractivity contribution in [2.24, 2.45) is 11.8 Å². The van der Waals surface area contributed by atoms with Crippen LogP contribution in [-0.2, 0) is 0 Å². The molecule has 0 heterocycles. The normalized spacial score (nSPS) is 12.4. The van der Waals surface area contributed by atoms with Gasteiger partial charge in [0.05, 0.1) is 26.4 Å². The summed E-state index contributed by atoms with van der Waals surface area (Å²) in [6.07, 6.45) is 0. The molecule has 0 radical (unpaired) electrons. The lowest BCUT2D eigenvalue weighted by atomic mass is 9.87. The molecular formula is C15H22O4. The van der Waals surface area contributed by atoms with Crippen LogP contribution in [0, 0.1) is 18.8 Å². The van der Waals surface area contributed by atoms with Crippen LogP contribution in [0.25, 0.3) is 0 Å². The molecule has 0 amide bonds. The fourth-order valence-electron chi connectivity index (χ4n) is 2.15. The quantitative estimate of drug-likeness (QED) is 0.804. The lowest BCUT2D eigenvalue weighted by Crippen LogP contribution is -2.24. The van der Waals surface area contributed by atoms with Gasteiger partial charge in [-0.05, 0) is 25.0 Å². The minimum Gasteiger partial charge on any atom is -0.496 e. The standard InChI is InChI=1S/C15H22O4/c1-9(2)12(8-16)14(17)11-6-7-13(18-4)10(3)15(11)19-5/h6-7,9,12,16H,8H2,1-5H3. The number of hydrogen-bond acceptors (Lipinski definition) is 4. The number of carbonyl (C=O) groups excluding carboxylic acids is 1. The van der Waals surface area contributed by atoms with Gasteiger partial charge in [-0.15, -0.1) is 0 Å². The number of benzene rings is 1. The predicted molar refractivity (Wildman–Crippen MR) is 74.0 cm³/mol. The molecule has 4 nitrogen and oxygen atoms in total. The Bertz CT molecular complexity index is 452. The molecule has 0 spiro atoms. The van der Waals surface area contributed by atoms with Crippen molar-refractivity contribution in [3.8, 4) is 11.5 Å². The summed E-state index contributed by atoms with van der Waals surface area (Å²) in [5.74, 6) is 0.758. The van der Waals surface area contributed by atoms with Crippen LogP contribution in [0.1, 0.15) is 29.8 Å². The van der Waals surface area contributed by atoms with Gasteiger partial charge in [0.2, 0.25) is 0 Å². The van der Waals surface area contributed by atoms with Crippen molar-refractivity contribution >= 4 is 5.78 Å². The van der Waals surface area contributed by atoms with Crippen LogP contribution in [0.2, 0.25) is 0 Å². The zero-order valence-corrected chi connectivity index (χ0v) is 12.2. The van der Waals surface area contributed by atoms with Gasteiger partial charge < -0.3 is 14.6 Å². The van der Waals surface area contributed by atoms with Crippen molar-refractivity contribution in [2.45, 2.75) is 20.8 Å². The summed E-state index contributed by atoms with van der Waals surface area (Å²) >= 11 is 0. The molecule has 0 fully saturated rings. The Balaban J connectivity index is 3.27. The van der Waals surface area contributed by atoms with Crippen molar-refractivity contribution in [3.63, 3.8) is 0 Å². The van der Waals surface area contributed by atoms with Gasteiger partial charge in [-0.1, -0.05) is 13.8 Å². The summed E-state index contributed by atoms with van der Waals surface area (Å²) in [7, 11) is 3.11. The highest BCUT2D eigenvalue weighted by atomic mass is 16.5. The average molecular weight is 266 g/mol. The Morgan fingerprint density at radius 3 is 2.32 bits per heavy atom. The molecule has 1 aromatic carbocycles. The molecule has 4 heteroatoms. The second-order valence-corrected chi connectivity index (χ2v) is 4.87. The number of methoxy groups -OCH3 is 2. The maximum Gasteiger partial charge on any atom is 0.172 e. The molecule has 106 valence electrons. The predicted octanol–water partition coefficient (Wildman–Crippen LogP) is 2.46. The number of ketones is 1. The van der Waals surface area contributed by atoms with Gasteiger partial charge in [-0.25, -0.2) is 0 Å². The number of carbonyl (C=O) groups is 1. The van der Waals surface area contributed by atoms with E-state index in [0.29, 0.717) is 17.1 Å². The monoisotopic (exact) mass is 266 g/mol. The largest absolute Gasteiger partial charge is 0.496 e. The first-order chi connectivity index (χ1) is 8.97. The molecule has 1 rings (SSSR count). The van der Waals surface area contributed by atoms with Crippen LogP contribution in [0.4, 0.5) is 0 Å². The molecular weight excluding hydrogens is 244 g/mol. The molecule has 0 saturated heterocycles. The molecule has 0 aliphatic rings. The molecule has 1 atom stereocenters. The molecule has 0 aromatic heterocycles. The second-order valence-electron chi connectivity index (χ2n) is 4.87. The van der Waals surface area contributed by atoms with E-state index in [2.05, 4.69) is 0 Å². The highest BCUT2D eigenvalue weighted by molar-refractivity contribution is 6.01. The van der Waals surface area contributed by atoms with E-state index >= 15 is 0 Å². The number of aliphatic hydroxyl groups is 1. The minimum absolute atomic E-state index is 0.0737. The van der Waals surface area contributed by atoms with Crippen molar-refractivity contribution in [1.82, 2.24) is 0 Å². The molecule has 1 aromatic rings. The van der Waals surface area contributed by atoms with Crippen molar-refractivity contribution in [3.05, 3.63) is 23.3 Å². The summed E-state index contributed by atoms with van der Waals surface area (Å²) in [5, 5.41) is 9.38. The van der Waals surface area contributed by atoms with E-state index in [1.165, 1.54) is 7.11 Å². The SMILES string of the molecule is COc1ccc(C(=O)C(CO)C(C)C)c(OC)c1C. The number of ether oxygens (including phenoxy) is 2. The zero-order valence-electron chi connectivity index (χ0n) is 12.2. The van der Waals surface area contributed by atoms with Crippen LogP contribution in [0.3, 0.4) is 0 Å². The Kier molecular flexibility index (Phi) is 5.36. The molecule has 0 aliphatic heterocycles. The minimum atomic E-state index is -0.415. The Morgan fingerprint density at radius 2 is 1.89 bits per heavy atom. The molecule has 0 aliphatic carbocycles. The highest BCUT2D eigenvalue weighted by Gasteiger charge is 2.26. The molecule has 1 unspecified atom stereocenters. The summed E-state index contributed by atoms with van der Waals surface area (Å²) in [4.78, 5) is 12.5. The van der Waals surface area contributed by atoms with E-state index in [-0.39, 0.29) is 18.3 Å². The first-order valence-electron chi connectivity index (χ1n) is 6.34. The molecule has 0 bridgehead atoms. The van der Waals surface area contributed by atoms with Crippen molar-refractivity contribution < 1.29 is 19.4 Å². The number of rotatable bonds is 6. The molecule has 1 N–H and O–H groups in total. The topological polar surface area (TPSA) is 55.8 Å². The Labute approximate surface area is 114 Å². The van der Waals surface area contributed by atoms with Gasteiger partial charge >= 0.3 is 0 Å². The van der Waals surface area contributed by atoms with E-state index in [9.17, 15) is 9.90 Å². The summed E-state index contributed by atoms with van der Waals surface area (Å²) in [5.41, 5.74) is 1.28. The summed E-state index contributed by atoms with van der Waals surface area (Å²) in [6, 6.07) is 3.44. The van der Waals surface area contributed by atoms with Crippen LogP contribution in [-0.4, -0.2) is 31.7 Å². The summed E-state index contributed by atoms with van der Waals surface area (Å²) in [6.45, 7) is 5.52.